The van der Waals surface area contributed by atoms with E-state index < -0.39 is 0 Å². The molecule has 0 radical (unpaired) electrons. The van der Waals surface area contributed by atoms with Gasteiger partial charge in [-0.3, -0.25) is 4.79 Å². The van der Waals surface area contributed by atoms with Gasteiger partial charge in [0.2, 0.25) is 0 Å². The molecule has 0 amide bonds. The van der Waals surface area contributed by atoms with Gasteiger partial charge in [0.1, 0.15) is 5.75 Å². The van der Waals surface area contributed by atoms with Crippen LogP contribution in [0, 0.1) is 0 Å². The predicted octanol–water partition coefficient (Wildman–Crippen LogP) is 1.95. The van der Waals surface area contributed by atoms with Gasteiger partial charge in [0.05, 0.1) is 5.37 Å². The van der Waals surface area contributed by atoms with Crippen LogP contribution in [0.3, 0.4) is 0 Å². The minimum atomic E-state index is -0.281. The standard InChI is InChI=1S/C11H13NO2S/c1-8(13)14-10-4-2-9(3-5-10)11-12-6-7-15-11/h2-5,11-12H,6-7H2,1H3. The molecule has 15 heavy (non-hydrogen) atoms. The lowest BCUT2D eigenvalue weighted by Crippen LogP contribution is -2.11. The summed E-state index contributed by atoms with van der Waals surface area (Å²) in [5.74, 6) is 1.47. The third kappa shape index (κ3) is 2.73. The highest BCUT2D eigenvalue weighted by molar-refractivity contribution is 7.99. The zero-order chi connectivity index (χ0) is 10.7. The largest absolute Gasteiger partial charge is 0.427 e. The molecule has 80 valence electrons. The Morgan fingerprint density at radius 2 is 2.20 bits per heavy atom. The fraction of sp³-hybridized carbons (Fsp3) is 0.364. The van der Waals surface area contributed by atoms with Gasteiger partial charge in [-0.25, -0.2) is 0 Å². The van der Waals surface area contributed by atoms with E-state index in [0.717, 1.165) is 12.3 Å². The van der Waals surface area contributed by atoms with Crippen LogP contribution in [0.5, 0.6) is 5.75 Å². The SMILES string of the molecule is CC(=O)Oc1ccc(C2NCCS2)cc1. The molecule has 1 saturated heterocycles. The lowest BCUT2D eigenvalue weighted by molar-refractivity contribution is -0.131. The number of benzene rings is 1. The Labute approximate surface area is 93.2 Å². The molecule has 0 bridgehead atoms. The van der Waals surface area contributed by atoms with Crippen LogP contribution in [0.2, 0.25) is 0 Å². The molecular weight excluding hydrogens is 210 g/mol. The molecular formula is C11H13NO2S. The Kier molecular flexibility index (Phi) is 3.28. The van der Waals surface area contributed by atoms with E-state index in [2.05, 4.69) is 5.32 Å². The number of hydrogen-bond acceptors (Lipinski definition) is 4. The average Bonchev–Trinajstić information content (AvgIpc) is 2.71. The van der Waals surface area contributed by atoms with Crippen LogP contribution >= 0.6 is 11.8 Å². The van der Waals surface area contributed by atoms with Crippen molar-refractivity contribution in [2.75, 3.05) is 12.3 Å². The van der Waals surface area contributed by atoms with E-state index in [1.54, 1.807) is 0 Å². The molecule has 0 aliphatic carbocycles. The Morgan fingerprint density at radius 3 is 2.73 bits per heavy atom. The molecule has 1 aliphatic heterocycles. The molecule has 1 unspecified atom stereocenters. The molecule has 0 aromatic heterocycles. The second-order valence-electron chi connectivity index (χ2n) is 3.37. The van der Waals surface area contributed by atoms with E-state index in [0.29, 0.717) is 11.1 Å². The number of nitrogens with one attached hydrogen (secondary N) is 1. The number of esters is 1. The molecule has 0 spiro atoms. The van der Waals surface area contributed by atoms with Gasteiger partial charge in [-0.2, -0.15) is 0 Å². The topological polar surface area (TPSA) is 38.3 Å². The van der Waals surface area contributed by atoms with Gasteiger partial charge in [0, 0.05) is 19.2 Å². The van der Waals surface area contributed by atoms with Crippen molar-refractivity contribution in [3.63, 3.8) is 0 Å². The number of thioether (sulfide) groups is 1. The lowest BCUT2D eigenvalue weighted by atomic mass is 10.2. The molecule has 1 fully saturated rings. The van der Waals surface area contributed by atoms with Crippen LogP contribution in [-0.4, -0.2) is 18.3 Å². The van der Waals surface area contributed by atoms with Crippen molar-refractivity contribution >= 4 is 17.7 Å². The highest BCUT2D eigenvalue weighted by atomic mass is 32.2. The van der Waals surface area contributed by atoms with Crippen molar-refractivity contribution in [3.05, 3.63) is 29.8 Å². The van der Waals surface area contributed by atoms with Gasteiger partial charge in [0.25, 0.3) is 0 Å². The lowest BCUT2D eigenvalue weighted by Gasteiger charge is -2.10. The van der Waals surface area contributed by atoms with E-state index in [-0.39, 0.29) is 5.97 Å². The minimum absolute atomic E-state index is 0.281. The molecule has 0 saturated carbocycles. The van der Waals surface area contributed by atoms with Crippen molar-refractivity contribution in [2.24, 2.45) is 0 Å². The third-order valence-corrected chi connectivity index (χ3v) is 3.37. The summed E-state index contributed by atoms with van der Waals surface area (Å²) in [6.07, 6.45) is 0. The highest BCUT2D eigenvalue weighted by Crippen LogP contribution is 2.30. The van der Waals surface area contributed by atoms with E-state index in [1.165, 1.54) is 12.5 Å². The van der Waals surface area contributed by atoms with Crippen LogP contribution in [0.25, 0.3) is 0 Å². The molecule has 1 heterocycles. The summed E-state index contributed by atoms with van der Waals surface area (Å²) in [5.41, 5.74) is 1.23. The summed E-state index contributed by atoms with van der Waals surface area (Å²) >= 11 is 1.90. The second kappa shape index (κ2) is 4.68. The summed E-state index contributed by atoms with van der Waals surface area (Å²) in [6.45, 7) is 2.46. The maximum Gasteiger partial charge on any atom is 0.308 e. The first-order valence-corrected chi connectivity index (χ1v) is 5.94. The fourth-order valence-electron chi connectivity index (χ4n) is 1.52. The number of carbonyl (C=O) groups excluding carboxylic acids is 1. The highest BCUT2D eigenvalue weighted by Gasteiger charge is 2.16. The van der Waals surface area contributed by atoms with Crippen LogP contribution in [0.15, 0.2) is 24.3 Å². The summed E-state index contributed by atoms with van der Waals surface area (Å²) in [7, 11) is 0. The smallest absolute Gasteiger partial charge is 0.308 e. The molecule has 1 aromatic rings. The van der Waals surface area contributed by atoms with Crippen molar-refractivity contribution in [1.29, 1.82) is 0 Å². The van der Waals surface area contributed by atoms with E-state index >= 15 is 0 Å². The maximum atomic E-state index is 10.7. The van der Waals surface area contributed by atoms with Crippen molar-refractivity contribution in [3.8, 4) is 5.75 Å². The molecule has 1 aromatic carbocycles. The Morgan fingerprint density at radius 1 is 1.47 bits per heavy atom. The minimum Gasteiger partial charge on any atom is -0.427 e. The van der Waals surface area contributed by atoms with Crippen LogP contribution in [0.4, 0.5) is 0 Å². The summed E-state index contributed by atoms with van der Waals surface area (Å²) < 4.78 is 4.97. The number of carbonyl (C=O) groups is 1. The molecule has 1 atom stereocenters. The molecule has 1 aliphatic rings. The normalized spacial score (nSPS) is 20.2. The number of hydrogen-bond donors (Lipinski definition) is 1. The zero-order valence-electron chi connectivity index (χ0n) is 8.53. The van der Waals surface area contributed by atoms with Crippen LogP contribution < -0.4 is 10.1 Å². The molecule has 2 rings (SSSR count). The molecule has 3 nitrogen and oxygen atoms in total. The Bertz CT molecular complexity index is 344. The number of rotatable bonds is 2. The predicted molar refractivity (Wildman–Crippen MR) is 61.0 cm³/mol. The summed E-state index contributed by atoms with van der Waals surface area (Å²) in [4.78, 5) is 10.7. The first-order valence-electron chi connectivity index (χ1n) is 4.89. The summed E-state index contributed by atoms with van der Waals surface area (Å²) in [5, 5.41) is 3.77. The molecule has 4 heteroatoms. The quantitative estimate of drug-likeness (QED) is 0.614. The van der Waals surface area contributed by atoms with Gasteiger partial charge in [-0.15, -0.1) is 11.8 Å². The van der Waals surface area contributed by atoms with Gasteiger partial charge >= 0.3 is 5.97 Å². The van der Waals surface area contributed by atoms with Crippen LogP contribution in [-0.2, 0) is 4.79 Å². The van der Waals surface area contributed by atoms with Gasteiger partial charge in [-0.05, 0) is 17.7 Å². The first kappa shape index (κ1) is 10.5. The maximum absolute atomic E-state index is 10.7. The second-order valence-corrected chi connectivity index (χ2v) is 4.58. The van der Waals surface area contributed by atoms with Gasteiger partial charge in [-0.1, -0.05) is 12.1 Å². The van der Waals surface area contributed by atoms with Gasteiger partial charge in [0.15, 0.2) is 0 Å². The van der Waals surface area contributed by atoms with Gasteiger partial charge < -0.3 is 10.1 Å². The van der Waals surface area contributed by atoms with Crippen molar-refractivity contribution in [2.45, 2.75) is 12.3 Å². The molecule has 1 N–H and O–H groups in total. The average molecular weight is 223 g/mol. The van der Waals surface area contributed by atoms with E-state index in [9.17, 15) is 4.79 Å². The van der Waals surface area contributed by atoms with Crippen LogP contribution in [0.1, 0.15) is 17.9 Å². The van der Waals surface area contributed by atoms with E-state index in [4.69, 9.17) is 4.74 Å². The number of ether oxygens (including phenoxy) is 1. The zero-order valence-corrected chi connectivity index (χ0v) is 9.34. The Balaban J connectivity index is 2.06. The van der Waals surface area contributed by atoms with Crippen molar-refractivity contribution in [1.82, 2.24) is 5.32 Å². The fourth-order valence-corrected chi connectivity index (χ4v) is 2.57. The van der Waals surface area contributed by atoms with Crippen molar-refractivity contribution < 1.29 is 9.53 Å². The monoisotopic (exact) mass is 223 g/mol. The Hall–Kier alpha value is -1.00. The first-order chi connectivity index (χ1) is 7.25. The third-order valence-electron chi connectivity index (χ3n) is 2.16. The van der Waals surface area contributed by atoms with E-state index in [1.807, 2.05) is 36.0 Å². The summed E-state index contributed by atoms with van der Waals surface area (Å²) in [6, 6.07) is 7.65.